The number of carbonyl (C=O) groups excluding carboxylic acids is 4. The minimum absolute atomic E-state index is 0.0116. The van der Waals surface area contributed by atoms with E-state index in [1.165, 1.54) is 19.1 Å². The molecule has 0 spiro atoms. The average molecular weight is 672 g/mol. The number of nitrogens with zero attached hydrogens (tertiary/aromatic N) is 2. The van der Waals surface area contributed by atoms with Gasteiger partial charge in [0.25, 0.3) is 10.2 Å². The lowest BCUT2D eigenvalue weighted by Crippen LogP contribution is -2.69. The van der Waals surface area contributed by atoms with Gasteiger partial charge in [0.2, 0.25) is 11.7 Å². The molecule has 0 saturated heterocycles. The molecule has 47 heavy (non-hydrogen) atoms. The summed E-state index contributed by atoms with van der Waals surface area (Å²) in [6, 6.07) is 0. The molecule has 1 amide bonds. The van der Waals surface area contributed by atoms with Gasteiger partial charge in [-0.05, 0) is 51.0 Å². The second kappa shape index (κ2) is 13.2. The van der Waals surface area contributed by atoms with Gasteiger partial charge in [0.15, 0.2) is 23.7 Å². The average Bonchev–Trinajstić information content (AvgIpc) is 3.19. The summed E-state index contributed by atoms with van der Waals surface area (Å²) in [4.78, 5) is 79.0. The summed E-state index contributed by atoms with van der Waals surface area (Å²) >= 11 is 0. The summed E-state index contributed by atoms with van der Waals surface area (Å²) in [5, 5.41) is 54.9. The first-order valence-corrected chi connectivity index (χ1v) is 15.1. The van der Waals surface area contributed by atoms with Crippen LogP contribution >= 0.6 is 0 Å². The number of carbonyl (C=O) groups is 4. The molecule has 4 aliphatic carbocycles. The first kappa shape index (κ1) is 35.8. The summed E-state index contributed by atoms with van der Waals surface area (Å²) < 4.78 is 22.2. The molecule has 2 saturated carbocycles. The monoisotopic (exact) mass is 671 g/mol. The Hall–Kier alpha value is -4.03. The molecule has 2 fully saturated rings. The van der Waals surface area contributed by atoms with E-state index in [4.69, 9.17) is 4.74 Å². The highest BCUT2D eigenvalue weighted by molar-refractivity contribution is 5.94. The molecule has 0 bridgehead atoms. The fraction of sp³-hybridized carbons (Fsp3) is 0.724. The summed E-state index contributed by atoms with van der Waals surface area (Å²) in [5.74, 6) is -4.70. The van der Waals surface area contributed by atoms with Crippen LogP contribution in [0.3, 0.4) is 0 Å². The van der Waals surface area contributed by atoms with Crippen molar-refractivity contribution in [3.63, 3.8) is 0 Å². The van der Waals surface area contributed by atoms with Gasteiger partial charge in [-0.3, -0.25) is 19.2 Å². The zero-order chi connectivity index (χ0) is 34.9. The normalized spacial score (nSPS) is 36.1. The highest BCUT2D eigenvalue weighted by Gasteiger charge is 2.76. The maximum absolute atomic E-state index is 17.2. The quantitative estimate of drug-likeness (QED) is 0.0835. The number of Topliss-reactive ketones (excluding diaryl/α,β-unsaturated/α-hetero) is 1. The lowest BCUT2D eigenvalue weighted by molar-refractivity contribution is -0.790. The predicted octanol–water partition coefficient (Wildman–Crippen LogP) is 0.243. The third kappa shape index (κ3) is 6.32. The summed E-state index contributed by atoms with van der Waals surface area (Å²) in [6.45, 7) is 0.678. The van der Waals surface area contributed by atoms with Crippen LogP contribution in [0.1, 0.15) is 58.8 Å². The van der Waals surface area contributed by atoms with E-state index in [1.54, 1.807) is 13.0 Å². The van der Waals surface area contributed by atoms with E-state index >= 15 is 4.39 Å². The first-order valence-electron chi connectivity index (χ1n) is 15.1. The van der Waals surface area contributed by atoms with Crippen LogP contribution < -0.4 is 5.32 Å². The number of hydrogen-bond acceptors (Lipinski definition) is 14. The molecule has 4 rings (SSSR count). The van der Waals surface area contributed by atoms with E-state index < -0.39 is 106 Å². The lowest BCUT2D eigenvalue weighted by atomic mass is 9.45. The predicted molar refractivity (Wildman–Crippen MR) is 152 cm³/mol. The Kier molecular flexibility index (Phi) is 10.1. The highest BCUT2D eigenvalue weighted by Crippen LogP contribution is 2.69. The Bertz CT molecular complexity index is 1390. The van der Waals surface area contributed by atoms with Gasteiger partial charge in [0.05, 0.1) is 12.2 Å². The fourth-order valence-corrected chi connectivity index (χ4v) is 8.12. The molecule has 0 aromatic rings. The number of ketones is 2. The van der Waals surface area contributed by atoms with Gasteiger partial charge in [-0.15, -0.1) is 20.2 Å². The molecular formula is C29H38FN3O14. The summed E-state index contributed by atoms with van der Waals surface area (Å²) in [6.07, 6.45) is -1.03. The topological polar surface area (TPSA) is 255 Å². The number of allylic oxidation sites excluding steroid dienone is 4. The standard InChI is InChI=1S/C29H38FN3O14/c1-26-9-8-17(34)10-16(26)6-7-19-20-11-21(35)29(40,27(20,2)12-22(36)28(19,26)30)23(37)15-45-25(39)13-31-24(38)5-3-4-18(47-33(43)44)14-46-32(41)42/h6,8-9,18-22,35-36,40H,3-5,7,10-15H2,1-2H3,(H,31,38)/t18?,19-,20-,21+,22-,26-,27-,28-,29-/m0/s1. The van der Waals surface area contributed by atoms with Gasteiger partial charge in [-0.1, -0.05) is 24.6 Å². The van der Waals surface area contributed by atoms with Crippen LogP contribution in [0, 0.1) is 42.9 Å². The minimum atomic E-state index is -2.51. The van der Waals surface area contributed by atoms with Crippen LogP contribution in [0.5, 0.6) is 0 Å². The second-order valence-corrected chi connectivity index (χ2v) is 13.0. The number of nitrogens with one attached hydrogen (secondary N) is 1. The lowest BCUT2D eigenvalue weighted by Gasteiger charge is -2.61. The minimum Gasteiger partial charge on any atom is -0.456 e. The third-order valence-electron chi connectivity index (χ3n) is 10.6. The molecule has 4 N–H and O–H groups in total. The Morgan fingerprint density at radius 1 is 1.15 bits per heavy atom. The van der Waals surface area contributed by atoms with Crippen molar-refractivity contribution in [1.82, 2.24) is 5.32 Å². The van der Waals surface area contributed by atoms with E-state index in [9.17, 15) is 54.7 Å². The van der Waals surface area contributed by atoms with Crippen molar-refractivity contribution >= 4 is 23.4 Å². The molecule has 4 aliphatic rings. The number of aliphatic hydroxyl groups is 3. The van der Waals surface area contributed by atoms with Crippen LogP contribution in [0.2, 0.25) is 0 Å². The molecular weight excluding hydrogens is 633 g/mol. The van der Waals surface area contributed by atoms with Gasteiger partial charge in [0, 0.05) is 29.6 Å². The number of halogens is 1. The third-order valence-corrected chi connectivity index (χ3v) is 10.6. The van der Waals surface area contributed by atoms with E-state index in [1.807, 2.05) is 0 Å². The van der Waals surface area contributed by atoms with Crippen molar-refractivity contribution in [3.05, 3.63) is 44.0 Å². The maximum Gasteiger partial charge on any atom is 0.325 e. The van der Waals surface area contributed by atoms with Crippen molar-refractivity contribution in [1.29, 1.82) is 0 Å². The Morgan fingerprint density at radius 3 is 2.51 bits per heavy atom. The molecule has 9 atom stereocenters. The number of amides is 1. The number of esters is 1. The second-order valence-electron chi connectivity index (χ2n) is 13.0. The van der Waals surface area contributed by atoms with Gasteiger partial charge >= 0.3 is 5.97 Å². The molecule has 0 heterocycles. The number of ether oxygens (including phenoxy) is 1. The van der Waals surface area contributed by atoms with E-state index in [0.29, 0.717) is 5.57 Å². The first-order chi connectivity index (χ1) is 21.9. The SMILES string of the molecule is C[C@]12C=CC(=O)CC1=CC[C@H]1[C@@H]3C[C@@H](O)[C@](O)(C(=O)COC(=O)CNC(=O)CCCC(CO[N+](=O)[O-])O[N+](=O)[O-])[C@@]3(C)C[C@H](O)[C@@]12F. The number of rotatable bonds is 14. The molecule has 17 nitrogen and oxygen atoms in total. The van der Waals surface area contributed by atoms with Crippen LogP contribution in [0.4, 0.5) is 4.39 Å². The van der Waals surface area contributed by atoms with E-state index in [-0.39, 0.29) is 44.3 Å². The largest absolute Gasteiger partial charge is 0.456 e. The highest BCUT2D eigenvalue weighted by atomic mass is 19.1. The number of aliphatic hydroxyl groups excluding tert-OH is 2. The van der Waals surface area contributed by atoms with Gasteiger partial charge < -0.3 is 35.0 Å². The number of fused-ring (bicyclic) bond motifs is 5. The van der Waals surface area contributed by atoms with E-state index in [0.717, 1.165) is 0 Å². The Balaban J connectivity index is 1.33. The van der Waals surface area contributed by atoms with E-state index in [2.05, 4.69) is 15.0 Å². The van der Waals surface area contributed by atoms with Crippen LogP contribution in [-0.4, -0.2) is 98.3 Å². The van der Waals surface area contributed by atoms with Crippen LogP contribution in [0.15, 0.2) is 23.8 Å². The zero-order valence-corrected chi connectivity index (χ0v) is 25.8. The van der Waals surface area contributed by atoms with Crippen molar-refractivity contribution in [2.75, 3.05) is 19.8 Å². The molecule has 0 aromatic carbocycles. The van der Waals surface area contributed by atoms with Crippen LogP contribution in [-0.2, 0) is 33.6 Å². The fourth-order valence-electron chi connectivity index (χ4n) is 8.12. The van der Waals surface area contributed by atoms with Crippen molar-refractivity contribution < 1.29 is 63.5 Å². The molecule has 0 aliphatic heterocycles. The Morgan fingerprint density at radius 2 is 1.85 bits per heavy atom. The Labute approximate surface area is 267 Å². The van der Waals surface area contributed by atoms with Gasteiger partial charge in [-0.25, -0.2) is 4.39 Å². The molecule has 1 unspecified atom stereocenters. The van der Waals surface area contributed by atoms with Gasteiger partial charge in [-0.2, -0.15) is 0 Å². The van der Waals surface area contributed by atoms with Crippen molar-refractivity contribution in [2.45, 2.75) is 88.4 Å². The molecule has 0 aromatic heterocycles. The smallest absolute Gasteiger partial charge is 0.325 e. The summed E-state index contributed by atoms with van der Waals surface area (Å²) in [5.41, 5.74) is -7.03. The number of hydrogen-bond donors (Lipinski definition) is 4. The zero-order valence-electron chi connectivity index (χ0n) is 25.8. The summed E-state index contributed by atoms with van der Waals surface area (Å²) in [7, 11) is 0. The van der Waals surface area contributed by atoms with Crippen molar-refractivity contribution in [2.24, 2.45) is 22.7 Å². The van der Waals surface area contributed by atoms with Crippen molar-refractivity contribution in [3.8, 4) is 0 Å². The molecule has 260 valence electrons. The molecule has 0 radical (unpaired) electrons. The van der Waals surface area contributed by atoms with Gasteiger partial charge in [0.1, 0.15) is 19.3 Å². The maximum atomic E-state index is 17.2. The molecule has 18 heteroatoms. The number of alkyl halides is 1. The van der Waals surface area contributed by atoms with Crippen LogP contribution in [0.25, 0.3) is 0 Å².